The molecule has 2 rings (SSSR count). The highest BCUT2D eigenvalue weighted by molar-refractivity contribution is 5.41. The van der Waals surface area contributed by atoms with Crippen molar-refractivity contribution in [3.8, 4) is 0 Å². The van der Waals surface area contributed by atoms with Gasteiger partial charge < -0.3 is 16.8 Å². The van der Waals surface area contributed by atoms with Crippen LogP contribution in [0.1, 0.15) is 5.56 Å². The third kappa shape index (κ3) is 2.55. The van der Waals surface area contributed by atoms with Crippen molar-refractivity contribution in [3.05, 3.63) is 35.5 Å². The molecule has 2 heterocycles. The smallest absolute Gasteiger partial charge is 0.126 e. The second-order valence-corrected chi connectivity index (χ2v) is 3.84. The van der Waals surface area contributed by atoms with E-state index >= 15 is 0 Å². The van der Waals surface area contributed by atoms with Gasteiger partial charge in [0.1, 0.15) is 5.82 Å². The molecule has 0 bridgehead atoms. The van der Waals surface area contributed by atoms with Crippen LogP contribution >= 0.6 is 0 Å². The lowest BCUT2D eigenvalue weighted by Crippen LogP contribution is -2.38. The van der Waals surface area contributed by atoms with Crippen molar-refractivity contribution in [2.75, 3.05) is 18.8 Å². The first-order valence-electron chi connectivity index (χ1n) is 5.11. The molecule has 0 radical (unpaired) electrons. The molecule has 1 aromatic rings. The molecule has 4 heteroatoms. The maximum atomic E-state index is 5.83. The predicted octanol–water partition coefficient (Wildman–Crippen LogP) is 0.0632. The van der Waals surface area contributed by atoms with Gasteiger partial charge in [0.25, 0.3) is 0 Å². The van der Waals surface area contributed by atoms with E-state index in [9.17, 15) is 0 Å². The number of hydrogen-bond acceptors (Lipinski definition) is 4. The average Bonchev–Trinajstić information content (AvgIpc) is 2.22. The Hall–Kier alpha value is -1.39. The van der Waals surface area contributed by atoms with Gasteiger partial charge >= 0.3 is 0 Å². The first-order chi connectivity index (χ1) is 7.25. The lowest BCUT2D eigenvalue weighted by molar-refractivity contribution is 0.627. The van der Waals surface area contributed by atoms with E-state index in [1.807, 2.05) is 12.1 Å². The fourth-order valence-corrected chi connectivity index (χ4v) is 1.79. The highest BCUT2D eigenvalue weighted by Crippen LogP contribution is 2.14. The molecule has 1 unspecified atom stereocenters. The summed E-state index contributed by atoms with van der Waals surface area (Å²) in [6.45, 7) is 1.74. The molecule has 0 fully saturated rings. The topological polar surface area (TPSA) is 77.0 Å². The van der Waals surface area contributed by atoms with Crippen LogP contribution in [0.3, 0.4) is 0 Å². The van der Waals surface area contributed by atoms with Gasteiger partial charge in [-0.15, -0.1) is 0 Å². The second-order valence-electron chi connectivity index (χ2n) is 3.84. The molecular weight excluding hydrogens is 188 g/mol. The normalized spacial score (nSPS) is 21.1. The van der Waals surface area contributed by atoms with Crippen LogP contribution in [-0.2, 0) is 6.42 Å². The van der Waals surface area contributed by atoms with E-state index in [0.29, 0.717) is 5.82 Å². The zero-order valence-corrected chi connectivity index (χ0v) is 8.61. The van der Waals surface area contributed by atoms with Gasteiger partial charge in [0, 0.05) is 25.3 Å². The molecule has 1 aliphatic rings. The number of nitrogens with two attached hydrogens (primary N) is 2. The van der Waals surface area contributed by atoms with Gasteiger partial charge in [0.05, 0.1) is 0 Å². The quantitative estimate of drug-likeness (QED) is 0.595. The molecular formula is C11H16N4. The summed E-state index contributed by atoms with van der Waals surface area (Å²) in [5.41, 5.74) is 14.0. The van der Waals surface area contributed by atoms with Crippen LogP contribution in [0.5, 0.6) is 0 Å². The lowest BCUT2D eigenvalue weighted by atomic mass is 10.0. The van der Waals surface area contributed by atoms with Crippen LogP contribution in [-0.4, -0.2) is 24.1 Å². The van der Waals surface area contributed by atoms with Crippen LogP contribution in [0, 0.1) is 0 Å². The Morgan fingerprint density at radius 1 is 1.53 bits per heavy atom. The first-order valence-corrected chi connectivity index (χ1v) is 5.11. The number of anilines is 1. The monoisotopic (exact) mass is 204 g/mol. The average molecular weight is 204 g/mol. The van der Waals surface area contributed by atoms with Gasteiger partial charge in [-0.05, 0) is 18.1 Å². The molecule has 5 N–H and O–H groups in total. The Bertz CT molecular complexity index is 373. The molecule has 80 valence electrons. The van der Waals surface area contributed by atoms with Crippen LogP contribution in [0.2, 0.25) is 0 Å². The third-order valence-electron chi connectivity index (χ3n) is 2.53. The Kier molecular flexibility index (Phi) is 2.99. The molecule has 0 aromatic carbocycles. The van der Waals surface area contributed by atoms with Gasteiger partial charge in [-0.1, -0.05) is 17.7 Å². The van der Waals surface area contributed by atoms with Gasteiger partial charge in [0.2, 0.25) is 0 Å². The van der Waals surface area contributed by atoms with Crippen molar-refractivity contribution in [3.63, 3.8) is 0 Å². The Morgan fingerprint density at radius 3 is 3.13 bits per heavy atom. The molecule has 15 heavy (non-hydrogen) atoms. The van der Waals surface area contributed by atoms with Crippen molar-refractivity contribution >= 4 is 5.82 Å². The second kappa shape index (κ2) is 4.42. The highest BCUT2D eigenvalue weighted by atomic mass is 14.9. The van der Waals surface area contributed by atoms with Gasteiger partial charge in [-0.3, -0.25) is 0 Å². The van der Waals surface area contributed by atoms with Gasteiger partial charge in [0.15, 0.2) is 0 Å². The summed E-state index contributed by atoms with van der Waals surface area (Å²) < 4.78 is 0. The molecule has 4 nitrogen and oxygen atoms in total. The van der Waals surface area contributed by atoms with E-state index in [1.54, 1.807) is 6.20 Å². The van der Waals surface area contributed by atoms with Crippen molar-refractivity contribution in [1.29, 1.82) is 0 Å². The summed E-state index contributed by atoms with van der Waals surface area (Å²) in [7, 11) is 0. The van der Waals surface area contributed by atoms with Crippen LogP contribution in [0.4, 0.5) is 5.82 Å². The maximum absolute atomic E-state index is 5.83. The molecule has 1 atom stereocenters. The van der Waals surface area contributed by atoms with Crippen molar-refractivity contribution in [1.82, 2.24) is 10.3 Å². The van der Waals surface area contributed by atoms with Crippen molar-refractivity contribution in [2.24, 2.45) is 5.73 Å². The fourth-order valence-electron chi connectivity index (χ4n) is 1.79. The summed E-state index contributed by atoms with van der Waals surface area (Å²) in [4.78, 5) is 4.06. The molecule has 0 aliphatic carbocycles. The summed E-state index contributed by atoms with van der Waals surface area (Å²) in [5, 5.41) is 3.27. The van der Waals surface area contributed by atoms with E-state index in [2.05, 4.69) is 16.4 Å². The molecule has 1 aliphatic heterocycles. The maximum Gasteiger partial charge on any atom is 0.126 e. The number of pyridine rings is 1. The zero-order chi connectivity index (χ0) is 10.7. The number of hydrogen-bond donors (Lipinski definition) is 3. The van der Waals surface area contributed by atoms with Crippen LogP contribution < -0.4 is 16.8 Å². The minimum atomic E-state index is 0.117. The molecule has 1 aromatic heterocycles. The van der Waals surface area contributed by atoms with Gasteiger partial charge in [-0.2, -0.15) is 0 Å². The molecule has 0 saturated carbocycles. The zero-order valence-electron chi connectivity index (χ0n) is 8.61. The van der Waals surface area contributed by atoms with Crippen molar-refractivity contribution in [2.45, 2.75) is 12.5 Å². The third-order valence-corrected chi connectivity index (χ3v) is 2.53. The van der Waals surface area contributed by atoms with E-state index in [4.69, 9.17) is 11.5 Å². The Labute approximate surface area is 89.4 Å². The molecule has 0 amide bonds. The highest BCUT2D eigenvalue weighted by Gasteiger charge is 2.10. The van der Waals surface area contributed by atoms with E-state index in [0.717, 1.165) is 25.1 Å². The Balaban J connectivity index is 2.12. The molecule has 0 saturated heterocycles. The minimum Gasteiger partial charge on any atom is -0.383 e. The molecule has 0 spiro atoms. The van der Waals surface area contributed by atoms with Crippen LogP contribution in [0.15, 0.2) is 30.0 Å². The van der Waals surface area contributed by atoms with Crippen LogP contribution in [0.25, 0.3) is 0 Å². The largest absolute Gasteiger partial charge is 0.383 e. The SMILES string of the molecule is Nc1ncccc1CC1=CC(N)CNC1. The number of nitrogens with zero attached hydrogens (tertiary/aromatic N) is 1. The van der Waals surface area contributed by atoms with E-state index < -0.39 is 0 Å². The fraction of sp³-hybridized carbons (Fsp3) is 0.364. The first kappa shape index (κ1) is 10.1. The van der Waals surface area contributed by atoms with E-state index in [-0.39, 0.29) is 6.04 Å². The predicted molar refractivity (Wildman–Crippen MR) is 61.3 cm³/mol. The van der Waals surface area contributed by atoms with Crippen molar-refractivity contribution < 1.29 is 0 Å². The number of nitrogen functional groups attached to an aromatic ring is 1. The Morgan fingerprint density at radius 2 is 2.40 bits per heavy atom. The minimum absolute atomic E-state index is 0.117. The van der Waals surface area contributed by atoms with E-state index in [1.165, 1.54) is 5.57 Å². The number of nitrogens with one attached hydrogen (secondary N) is 1. The standard InChI is InChI=1S/C11H16N4/c12-10-5-8(6-14-7-10)4-9-2-1-3-15-11(9)13/h1-3,5,10,14H,4,6-7,12H2,(H2,13,15). The van der Waals surface area contributed by atoms with Gasteiger partial charge in [-0.25, -0.2) is 4.98 Å². The summed E-state index contributed by atoms with van der Waals surface area (Å²) in [6, 6.07) is 4.03. The number of aromatic nitrogens is 1. The summed E-state index contributed by atoms with van der Waals surface area (Å²) in [6.07, 6.45) is 4.65. The lowest BCUT2D eigenvalue weighted by Gasteiger charge is -2.19. The number of rotatable bonds is 2. The summed E-state index contributed by atoms with van der Waals surface area (Å²) >= 11 is 0. The summed E-state index contributed by atoms with van der Waals surface area (Å²) in [5.74, 6) is 0.609.